The van der Waals surface area contributed by atoms with Gasteiger partial charge in [0.15, 0.2) is 0 Å². The molecule has 3 nitrogen and oxygen atoms in total. The molecule has 0 saturated heterocycles. The maximum Gasteiger partial charge on any atom is 0.135 e. The minimum absolute atomic E-state index is 0.0119. The molecule has 0 unspecified atom stereocenters. The van der Waals surface area contributed by atoms with Gasteiger partial charge in [0, 0.05) is 17.4 Å². The fourth-order valence-electron chi connectivity index (χ4n) is 1.54. The largest absolute Gasteiger partial charge is 0.392 e. The molecule has 1 heterocycles. The lowest BCUT2D eigenvalue weighted by Crippen LogP contribution is -1.98. The molecule has 0 aliphatic carbocycles. The van der Waals surface area contributed by atoms with Crippen molar-refractivity contribution in [2.75, 3.05) is 5.32 Å². The Balaban J connectivity index is 2.26. The first kappa shape index (κ1) is 10.6. The standard InChI is InChI=1S/C13H14N2O/c1-10-4-2-6-12(8-10)15-13-11(9-16)5-3-7-14-13/h2-8,16H,9H2,1H3,(H,14,15). The van der Waals surface area contributed by atoms with E-state index < -0.39 is 0 Å². The quantitative estimate of drug-likeness (QED) is 0.825. The number of hydrogen-bond donors (Lipinski definition) is 2. The summed E-state index contributed by atoms with van der Waals surface area (Å²) >= 11 is 0. The van der Waals surface area contributed by atoms with Crippen LogP contribution in [0.2, 0.25) is 0 Å². The lowest BCUT2D eigenvalue weighted by atomic mass is 10.2. The van der Waals surface area contributed by atoms with E-state index in [0.717, 1.165) is 11.3 Å². The predicted molar refractivity (Wildman–Crippen MR) is 64.6 cm³/mol. The lowest BCUT2D eigenvalue weighted by molar-refractivity contribution is 0.282. The van der Waals surface area contributed by atoms with Gasteiger partial charge < -0.3 is 10.4 Å². The number of aliphatic hydroxyl groups excluding tert-OH is 1. The molecule has 0 radical (unpaired) electrons. The van der Waals surface area contributed by atoms with Crippen molar-refractivity contribution < 1.29 is 5.11 Å². The number of rotatable bonds is 3. The number of benzene rings is 1. The molecule has 3 heteroatoms. The third-order valence-electron chi connectivity index (χ3n) is 2.34. The van der Waals surface area contributed by atoms with Gasteiger partial charge >= 0.3 is 0 Å². The first-order chi connectivity index (χ1) is 7.79. The van der Waals surface area contributed by atoms with Crippen LogP contribution < -0.4 is 5.32 Å². The second kappa shape index (κ2) is 4.77. The Morgan fingerprint density at radius 2 is 2.12 bits per heavy atom. The molecule has 82 valence electrons. The highest BCUT2D eigenvalue weighted by Crippen LogP contribution is 2.18. The predicted octanol–water partition coefficient (Wildman–Crippen LogP) is 2.63. The van der Waals surface area contributed by atoms with Crippen molar-refractivity contribution in [2.24, 2.45) is 0 Å². The molecule has 1 aromatic carbocycles. The summed E-state index contributed by atoms with van der Waals surface area (Å²) in [7, 11) is 0. The van der Waals surface area contributed by atoms with Crippen LogP contribution in [0.4, 0.5) is 11.5 Å². The second-order valence-electron chi connectivity index (χ2n) is 3.66. The Bertz CT molecular complexity index is 483. The van der Waals surface area contributed by atoms with E-state index in [4.69, 9.17) is 0 Å². The molecular weight excluding hydrogens is 200 g/mol. The summed E-state index contributed by atoms with van der Waals surface area (Å²) in [6, 6.07) is 11.7. The molecule has 2 N–H and O–H groups in total. The number of aliphatic hydroxyl groups is 1. The van der Waals surface area contributed by atoms with E-state index in [0.29, 0.717) is 5.82 Å². The minimum Gasteiger partial charge on any atom is -0.392 e. The molecule has 0 amide bonds. The molecule has 2 rings (SSSR count). The van der Waals surface area contributed by atoms with Gasteiger partial charge in [-0.25, -0.2) is 4.98 Å². The zero-order chi connectivity index (χ0) is 11.4. The normalized spacial score (nSPS) is 10.1. The Morgan fingerprint density at radius 3 is 2.88 bits per heavy atom. The summed E-state index contributed by atoms with van der Waals surface area (Å²) in [6.07, 6.45) is 1.71. The van der Waals surface area contributed by atoms with Crippen LogP contribution in [0.25, 0.3) is 0 Å². The fourth-order valence-corrected chi connectivity index (χ4v) is 1.54. The van der Waals surface area contributed by atoms with Crippen molar-refractivity contribution in [2.45, 2.75) is 13.5 Å². The van der Waals surface area contributed by atoms with Gasteiger partial charge in [-0.2, -0.15) is 0 Å². The van der Waals surface area contributed by atoms with Crippen LogP contribution in [0, 0.1) is 6.92 Å². The van der Waals surface area contributed by atoms with E-state index in [2.05, 4.69) is 10.3 Å². The topological polar surface area (TPSA) is 45.2 Å². The number of hydrogen-bond acceptors (Lipinski definition) is 3. The molecule has 0 saturated carbocycles. The number of pyridine rings is 1. The van der Waals surface area contributed by atoms with Crippen molar-refractivity contribution in [3.63, 3.8) is 0 Å². The smallest absolute Gasteiger partial charge is 0.135 e. The Hall–Kier alpha value is -1.87. The van der Waals surface area contributed by atoms with Gasteiger partial charge in [-0.15, -0.1) is 0 Å². The van der Waals surface area contributed by atoms with Crippen LogP contribution in [0.5, 0.6) is 0 Å². The summed E-state index contributed by atoms with van der Waals surface area (Å²) in [5.74, 6) is 0.704. The van der Waals surface area contributed by atoms with Gasteiger partial charge in [0.2, 0.25) is 0 Å². The summed E-state index contributed by atoms with van der Waals surface area (Å²) in [5, 5.41) is 12.4. The summed E-state index contributed by atoms with van der Waals surface area (Å²) in [4.78, 5) is 4.20. The molecule has 0 atom stereocenters. The van der Waals surface area contributed by atoms with Crippen LogP contribution in [0.15, 0.2) is 42.6 Å². The number of aryl methyl sites for hydroxylation is 1. The molecule has 16 heavy (non-hydrogen) atoms. The van der Waals surface area contributed by atoms with Crippen molar-refractivity contribution >= 4 is 11.5 Å². The van der Waals surface area contributed by atoms with Crippen LogP contribution >= 0.6 is 0 Å². The highest BCUT2D eigenvalue weighted by molar-refractivity contribution is 5.59. The molecule has 0 aliphatic heterocycles. The maximum atomic E-state index is 9.17. The SMILES string of the molecule is Cc1cccc(Nc2ncccc2CO)c1. The number of anilines is 2. The van der Waals surface area contributed by atoms with Crippen molar-refractivity contribution in [3.8, 4) is 0 Å². The van der Waals surface area contributed by atoms with Gasteiger partial charge in [-0.3, -0.25) is 0 Å². The highest BCUT2D eigenvalue weighted by Gasteiger charge is 2.02. The van der Waals surface area contributed by atoms with Gasteiger partial charge in [0.05, 0.1) is 6.61 Å². The summed E-state index contributed by atoms with van der Waals surface area (Å²) in [5.41, 5.74) is 2.96. The van der Waals surface area contributed by atoms with Crippen LogP contribution in [0.3, 0.4) is 0 Å². The Kier molecular flexibility index (Phi) is 3.17. The number of nitrogens with one attached hydrogen (secondary N) is 1. The van der Waals surface area contributed by atoms with Crippen molar-refractivity contribution in [1.29, 1.82) is 0 Å². The molecule has 2 aromatic rings. The Morgan fingerprint density at radius 1 is 1.25 bits per heavy atom. The molecule has 0 bridgehead atoms. The van der Waals surface area contributed by atoms with E-state index in [1.807, 2.05) is 43.3 Å². The van der Waals surface area contributed by atoms with Crippen LogP contribution in [-0.4, -0.2) is 10.1 Å². The van der Waals surface area contributed by atoms with E-state index in [1.165, 1.54) is 5.56 Å². The Labute approximate surface area is 94.8 Å². The lowest BCUT2D eigenvalue weighted by Gasteiger charge is -2.09. The van der Waals surface area contributed by atoms with Gasteiger partial charge in [0.25, 0.3) is 0 Å². The van der Waals surface area contributed by atoms with Gasteiger partial charge in [-0.1, -0.05) is 18.2 Å². The minimum atomic E-state index is -0.0119. The van der Waals surface area contributed by atoms with E-state index in [-0.39, 0.29) is 6.61 Å². The highest BCUT2D eigenvalue weighted by atomic mass is 16.3. The number of aromatic nitrogens is 1. The average Bonchev–Trinajstić information content (AvgIpc) is 2.30. The molecule has 0 spiro atoms. The second-order valence-corrected chi connectivity index (χ2v) is 3.66. The molecule has 0 aliphatic rings. The van der Waals surface area contributed by atoms with Crippen LogP contribution in [-0.2, 0) is 6.61 Å². The van der Waals surface area contributed by atoms with Crippen molar-refractivity contribution in [1.82, 2.24) is 4.98 Å². The first-order valence-electron chi connectivity index (χ1n) is 5.18. The van der Waals surface area contributed by atoms with E-state index in [1.54, 1.807) is 6.20 Å². The number of nitrogens with zero attached hydrogens (tertiary/aromatic N) is 1. The van der Waals surface area contributed by atoms with Crippen LogP contribution in [0.1, 0.15) is 11.1 Å². The maximum absolute atomic E-state index is 9.17. The van der Waals surface area contributed by atoms with Gasteiger partial charge in [-0.05, 0) is 30.7 Å². The zero-order valence-electron chi connectivity index (χ0n) is 9.14. The van der Waals surface area contributed by atoms with Crippen molar-refractivity contribution in [3.05, 3.63) is 53.7 Å². The average molecular weight is 214 g/mol. The molecule has 0 fully saturated rings. The first-order valence-corrected chi connectivity index (χ1v) is 5.18. The zero-order valence-corrected chi connectivity index (χ0v) is 9.14. The third-order valence-corrected chi connectivity index (χ3v) is 2.34. The molecule has 1 aromatic heterocycles. The van der Waals surface area contributed by atoms with E-state index >= 15 is 0 Å². The fraction of sp³-hybridized carbons (Fsp3) is 0.154. The third kappa shape index (κ3) is 2.38. The summed E-state index contributed by atoms with van der Waals surface area (Å²) in [6.45, 7) is 2.03. The van der Waals surface area contributed by atoms with Gasteiger partial charge in [0.1, 0.15) is 5.82 Å². The monoisotopic (exact) mass is 214 g/mol. The molecular formula is C13H14N2O. The summed E-state index contributed by atoms with van der Waals surface area (Å²) < 4.78 is 0. The van der Waals surface area contributed by atoms with E-state index in [9.17, 15) is 5.11 Å².